The zero-order chi connectivity index (χ0) is 16.1. The normalized spacial score (nSPS) is 17.1. The lowest BCUT2D eigenvalue weighted by Gasteiger charge is -2.14. The predicted molar refractivity (Wildman–Crippen MR) is 79.6 cm³/mol. The molecule has 22 heavy (non-hydrogen) atoms. The summed E-state index contributed by atoms with van der Waals surface area (Å²) in [5.41, 5.74) is -0.329. The summed E-state index contributed by atoms with van der Waals surface area (Å²) in [6, 6.07) is 2.55. The molecule has 1 atom stereocenters. The van der Waals surface area contributed by atoms with E-state index in [1.54, 1.807) is 6.92 Å². The molecular weight excluding hydrogens is 290 g/mol. The standard InChI is InChI=1S/C14H19N3O5/c1-3-22-13-6-10(11(17(19)20)7-12(13)21-2)14(18)16-9-4-5-15-8-9/h6-7,9,15H,3-5,8H2,1-2H3,(H,16,18). The van der Waals surface area contributed by atoms with Crippen molar-refractivity contribution in [1.82, 2.24) is 10.6 Å². The molecular formula is C14H19N3O5. The van der Waals surface area contributed by atoms with E-state index in [0.29, 0.717) is 18.9 Å². The summed E-state index contributed by atoms with van der Waals surface area (Å²) in [6.45, 7) is 3.63. The number of carbonyl (C=O) groups excluding carboxylic acids is 1. The molecule has 0 aromatic heterocycles. The van der Waals surface area contributed by atoms with Gasteiger partial charge in [0.05, 0.1) is 24.7 Å². The second-order valence-corrected chi connectivity index (χ2v) is 4.87. The van der Waals surface area contributed by atoms with Crippen LogP contribution in [-0.2, 0) is 0 Å². The first-order chi connectivity index (χ1) is 10.6. The van der Waals surface area contributed by atoms with Crippen molar-refractivity contribution in [2.45, 2.75) is 19.4 Å². The number of benzene rings is 1. The number of ether oxygens (including phenoxy) is 2. The summed E-state index contributed by atoms with van der Waals surface area (Å²) in [5.74, 6) is 0.0573. The van der Waals surface area contributed by atoms with Gasteiger partial charge in [0.1, 0.15) is 5.56 Å². The molecule has 0 spiro atoms. The number of nitrogens with zero attached hydrogens (tertiary/aromatic N) is 1. The van der Waals surface area contributed by atoms with Crippen LogP contribution in [0.1, 0.15) is 23.7 Å². The number of nitro groups is 1. The fraction of sp³-hybridized carbons (Fsp3) is 0.500. The highest BCUT2D eigenvalue weighted by molar-refractivity contribution is 5.99. The molecule has 0 saturated carbocycles. The Morgan fingerprint density at radius 1 is 1.50 bits per heavy atom. The van der Waals surface area contributed by atoms with Crippen LogP contribution in [0.4, 0.5) is 5.69 Å². The maximum absolute atomic E-state index is 12.3. The van der Waals surface area contributed by atoms with Gasteiger partial charge in [-0.15, -0.1) is 0 Å². The zero-order valence-corrected chi connectivity index (χ0v) is 12.5. The lowest BCUT2D eigenvalue weighted by Crippen LogP contribution is -2.36. The molecule has 1 unspecified atom stereocenters. The topological polar surface area (TPSA) is 103 Å². The fourth-order valence-corrected chi connectivity index (χ4v) is 2.35. The highest BCUT2D eigenvalue weighted by Gasteiger charge is 2.26. The quantitative estimate of drug-likeness (QED) is 0.602. The molecule has 1 aromatic rings. The first kappa shape index (κ1) is 16.0. The van der Waals surface area contributed by atoms with Crippen molar-refractivity contribution in [3.8, 4) is 11.5 Å². The maximum atomic E-state index is 12.3. The number of methoxy groups -OCH3 is 1. The van der Waals surface area contributed by atoms with Gasteiger partial charge < -0.3 is 20.1 Å². The Morgan fingerprint density at radius 2 is 2.27 bits per heavy atom. The average molecular weight is 309 g/mol. The van der Waals surface area contributed by atoms with E-state index in [4.69, 9.17) is 9.47 Å². The monoisotopic (exact) mass is 309 g/mol. The van der Waals surface area contributed by atoms with E-state index in [-0.39, 0.29) is 23.0 Å². The van der Waals surface area contributed by atoms with Crippen LogP contribution in [0.5, 0.6) is 11.5 Å². The second-order valence-electron chi connectivity index (χ2n) is 4.87. The minimum atomic E-state index is -0.597. The Hall–Kier alpha value is -2.35. The van der Waals surface area contributed by atoms with Crippen LogP contribution >= 0.6 is 0 Å². The van der Waals surface area contributed by atoms with Gasteiger partial charge in [0.15, 0.2) is 11.5 Å². The van der Waals surface area contributed by atoms with Gasteiger partial charge in [0.2, 0.25) is 0 Å². The average Bonchev–Trinajstić information content (AvgIpc) is 2.99. The van der Waals surface area contributed by atoms with Gasteiger partial charge >= 0.3 is 0 Å². The van der Waals surface area contributed by atoms with Crippen molar-refractivity contribution in [2.75, 3.05) is 26.8 Å². The van der Waals surface area contributed by atoms with Gasteiger partial charge in [0.25, 0.3) is 11.6 Å². The van der Waals surface area contributed by atoms with E-state index in [1.807, 2.05) is 0 Å². The van der Waals surface area contributed by atoms with Crippen LogP contribution in [0.3, 0.4) is 0 Å². The number of hydrogen-bond donors (Lipinski definition) is 2. The van der Waals surface area contributed by atoms with Crippen molar-refractivity contribution in [1.29, 1.82) is 0 Å². The molecule has 120 valence electrons. The lowest BCUT2D eigenvalue weighted by atomic mass is 10.1. The zero-order valence-electron chi connectivity index (χ0n) is 12.5. The summed E-state index contributed by atoms with van der Waals surface area (Å²) >= 11 is 0. The predicted octanol–water partition coefficient (Wildman–Crippen LogP) is 1.09. The third-order valence-electron chi connectivity index (χ3n) is 3.42. The number of rotatable bonds is 6. The molecule has 1 aromatic carbocycles. The fourth-order valence-electron chi connectivity index (χ4n) is 2.35. The molecule has 1 amide bonds. The maximum Gasteiger partial charge on any atom is 0.286 e. The molecule has 8 nitrogen and oxygen atoms in total. The van der Waals surface area contributed by atoms with Gasteiger partial charge in [-0.3, -0.25) is 14.9 Å². The summed E-state index contributed by atoms with van der Waals surface area (Å²) in [6.07, 6.45) is 0.800. The summed E-state index contributed by atoms with van der Waals surface area (Å²) in [5, 5.41) is 17.1. The van der Waals surface area contributed by atoms with E-state index in [0.717, 1.165) is 13.0 Å². The highest BCUT2D eigenvalue weighted by atomic mass is 16.6. The van der Waals surface area contributed by atoms with Crippen molar-refractivity contribution in [2.24, 2.45) is 0 Å². The number of hydrogen-bond acceptors (Lipinski definition) is 6. The molecule has 2 N–H and O–H groups in total. The highest BCUT2D eigenvalue weighted by Crippen LogP contribution is 2.34. The number of nitro benzene ring substituents is 1. The van der Waals surface area contributed by atoms with E-state index in [1.165, 1.54) is 19.2 Å². The van der Waals surface area contributed by atoms with E-state index in [2.05, 4.69) is 10.6 Å². The van der Waals surface area contributed by atoms with Crippen molar-refractivity contribution in [3.05, 3.63) is 27.8 Å². The van der Waals surface area contributed by atoms with Crippen LogP contribution in [0.2, 0.25) is 0 Å². The van der Waals surface area contributed by atoms with Gasteiger partial charge in [-0.05, 0) is 19.9 Å². The molecule has 1 heterocycles. The Kier molecular flexibility index (Phi) is 5.16. The molecule has 1 fully saturated rings. The molecule has 0 radical (unpaired) electrons. The van der Waals surface area contributed by atoms with Crippen LogP contribution < -0.4 is 20.1 Å². The van der Waals surface area contributed by atoms with Crippen LogP contribution in [0.25, 0.3) is 0 Å². The minimum absolute atomic E-state index is 0.0234. The summed E-state index contributed by atoms with van der Waals surface area (Å²) in [7, 11) is 1.39. The van der Waals surface area contributed by atoms with Crippen molar-refractivity contribution < 1.29 is 19.2 Å². The van der Waals surface area contributed by atoms with Crippen molar-refractivity contribution in [3.63, 3.8) is 0 Å². The largest absolute Gasteiger partial charge is 0.493 e. The first-order valence-corrected chi connectivity index (χ1v) is 7.07. The Labute approximate surface area is 127 Å². The van der Waals surface area contributed by atoms with Crippen molar-refractivity contribution >= 4 is 11.6 Å². The summed E-state index contributed by atoms with van der Waals surface area (Å²) < 4.78 is 10.5. The van der Waals surface area contributed by atoms with E-state index >= 15 is 0 Å². The lowest BCUT2D eigenvalue weighted by molar-refractivity contribution is -0.385. The van der Waals surface area contributed by atoms with Gasteiger partial charge in [0, 0.05) is 18.7 Å². The Bertz CT molecular complexity index is 570. The molecule has 1 aliphatic rings. The third kappa shape index (κ3) is 3.45. The second kappa shape index (κ2) is 7.08. The Morgan fingerprint density at radius 3 is 2.82 bits per heavy atom. The molecule has 0 aliphatic carbocycles. The smallest absolute Gasteiger partial charge is 0.286 e. The van der Waals surface area contributed by atoms with Gasteiger partial charge in [-0.25, -0.2) is 0 Å². The van der Waals surface area contributed by atoms with E-state index in [9.17, 15) is 14.9 Å². The molecule has 1 saturated heterocycles. The summed E-state index contributed by atoms with van der Waals surface area (Å²) in [4.78, 5) is 23.0. The first-order valence-electron chi connectivity index (χ1n) is 7.07. The molecule has 2 rings (SSSR count). The molecule has 1 aliphatic heterocycles. The number of nitrogens with one attached hydrogen (secondary N) is 2. The third-order valence-corrected chi connectivity index (χ3v) is 3.42. The van der Waals surface area contributed by atoms with E-state index < -0.39 is 10.8 Å². The van der Waals surface area contributed by atoms with Gasteiger partial charge in [-0.1, -0.05) is 0 Å². The molecule has 8 heteroatoms. The minimum Gasteiger partial charge on any atom is -0.493 e. The SMILES string of the molecule is CCOc1cc(C(=O)NC2CCNC2)c([N+](=O)[O-])cc1OC. The number of amides is 1. The van der Waals surface area contributed by atoms with Crippen LogP contribution in [-0.4, -0.2) is 43.7 Å². The van der Waals surface area contributed by atoms with Gasteiger partial charge in [-0.2, -0.15) is 0 Å². The number of carbonyl (C=O) groups is 1. The Balaban J connectivity index is 2.35. The molecule has 0 bridgehead atoms. The van der Waals surface area contributed by atoms with Crippen LogP contribution in [0, 0.1) is 10.1 Å². The van der Waals surface area contributed by atoms with Crippen LogP contribution in [0.15, 0.2) is 12.1 Å².